The molecule has 1 heterocycles. The third-order valence-electron chi connectivity index (χ3n) is 4.78. The van der Waals surface area contributed by atoms with Crippen LogP contribution in [0.15, 0.2) is 24.3 Å². The molecule has 0 spiro atoms. The molecule has 0 atom stereocenters. The Labute approximate surface area is 157 Å². The Kier molecular flexibility index (Phi) is 8.53. The summed E-state index contributed by atoms with van der Waals surface area (Å²) < 4.78 is 10.4. The predicted octanol–water partition coefficient (Wildman–Crippen LogP) is 4.48. The second-order valence-corrected chi connectivity index (χ2v) is 10.0. The van der Waals surface area contributed by atoms with Gasteiger partial charge in [-0.15, -0.1) is 0 Å². The molecular formula is C19H32NO3PS. The first-order valence-electron chi connectivity index (χ1n) is 9.41. The summed E-state index contributed by atoms with van der Waals surface area (Å²) in [5, 5.41) is 0. The summed E-state index contributed by atoms with van der Waals surface area (Å²) in [7, 11) is 0. The van der Waals surface area contributed by atoms with E-state index in [1.807, 2.05) is 0 Å². The summed E-state index contributed by atoms with van der Waals surface area (Å²) in [6.45, 7) is -0.261. The van der Waals surface area contributed by atoms with Crippen LogP contribution in [-0.2, 0) is 33.7 Å². The van der Waals surface area contributed by atoms with E-state index < -0.39 is 12.3 Å². The quantitative estimate of drug-likeness (QED) is 0.459. The molecule has 0 aliphatic carbocycles. The van der Waals surface area contributed by atoms with Crippen LogP contribution in [0.25, 0.3) is 0 Å². The smallest absolute Gasteiger partial charge is 0.324 e. The zero-order valence-electron chi connectivity index (χ0n) is 15.3. The zero-order valence-corrected chi connectivity index (χ0v) is 17.0. The molecule has 1 aliphatic heterocycles. The number of hydrogen-bond donors (Lipinski definition) is 2. The van der Waals surface area contributed by atoms with Crippen molar-refractivity contribution in [1.82, 2.24) is 0 Å². The highest BCUT2D eigenvalue weighted by Gasteiger charge is 2.35. The van der Waals surface area contributed by atoms with Crippen LogP contribution in [0.3, 0.4) is 0 Å². The van der Waals surface area contributed by atoms with E-state index >= 15 is 0 Å². The summed E-state index contributed by atoms with van der Waals surface area (Å²) >= 11 is 4.82. The minimum Gasteiger partial charge on any atom is -0.324 e. The van der Waals surface area contributed by atoms with Crippen molar-refractivity contribution in [2.24, 2.45) is 5.73 Å². The maximum atomic E-state index is 9.58. The van der Waals surface area contributed by atoms with Crippen LogP contribution < -0.4 is 5.73 Å². The SMILES string of the molecule is CCCCCCCCc1ccc(CCC2(N)COP(O)(=S)OC2)cc1. The second-order valence-electron chi connectivity index (χ2n) is 7.21. The van der Waals surface area contributed by atoms with Crippen molar-refractivity contribution in [1.29, 1.82) is 0 Å². The van der Waals surface area contributed by atoms with Crippen molar-refractivity contribution in [2.75, 3.05) is 13.2 Å². The lowest BCUT2D eigenvalue weighted by molar-refractivity contribution is 0.0627. The third-order valence-corrected chi connectivity index (χ3v) is 6.33. The van der Waals surface area contributed by atoms with Crippen LogP contribution in [0, 0.1) is 0 Å². The van der Waals surface area contributed by atoms with E-state index in [2.05, 4.69) is 31.2 Å². The van der Waals surface area contributed by atoms with Gasteiger partial charge in [-0.1, -0.05) is 63.3 Å². The topological polar surface area (TPSA) is 64.7 Å². The number of benzene rings is 1. The van der Waals surface area contributed by atoms with Gasteiger partial charge in [0.1, 0.15) is 0 Å². The molecule has 1 fully saturated rings. The fourth-order valence-corrected chi connectivity index (χ4v) is 4.25. The standard InChI is InChI=1S/C19H32NO3PS/c1-2-3-4-5-6-7-8-17-9-11-18(12-10-17)13-14-19(20)15-22-24(21,25)23-16-19/h9-12H,2-8,13-16,20H2,1H3,(H,21,25). The fraction of sp³-hybridized carbons (Fsp3) is 0.684. The Morgan fingerprint density at radius 2 is 1.52 bits per heavy atom. The Bertz CT molecular complexity index is 552. The molecule has 6 heteroatoms. The molecule has 1 aromatic rings. The first-order chi connectivity index (χ1) is 11.9. The van der Waals surface area contributed by atoms with Crippen molar-refractivity contribution < 1.29 is 13.9 Å². The number of aryl methyl sites for hydroxylation is 2. The molecular weight excluding hydrogens is 353 g/mol. The molecule has 4 nitrogen and oxygen atoms in total. The van der Waals surface area contributed by atoms with Gasteiger partial charge in [0.15, 0.2) is 0 Å². The van der Waals surface area contributed by atoms with Crippen molar-refractivity contribution in [3.8, 4) is 0 Å². The van der Waals surface area contributed by atoms with Gasteiger partial charge in [-0.25, -0.2) is 0 Å². The van der Waals surface area contributed by atoms with Gasteiger partial charge in [0.2, 0.25) is 0 Å². The Balaban J connectivity index is 1.69. The van der Waals surface area contributed by atoms with Gasteiger partial charge in [-0.2, -0.15) is 0 Å². The maximum Gasteiger partial charge on any atom is 0.324 e. The molecule has 0 aromatic heterocycles. The number of rotatable bonds is 10. The molecule has 2 rings (SSSR count). The van der Waals surface area contributed by atoms with Crippen LogP contribution in [0.5, 0.6) is 0 Å². The average molecular weight is 386 g/mol. The van der Waals surface area contributed by atoms with Gasteiger partial charge in [-0.3, -0.25) is 0 Å². The lowest BCUT2D eigenvalue weighted by Gasteiger charge is -2.36. The molecule has 25 heavy (non-hydrogen) atoms. The molecule has 3 N–H and O–H groups in total. The number of nitrogens with two attached hydrogens (primary N) is 1. The monoisotopic (exact) mass is 385 g/mol. The Morgan fingerprint density at radius 3 is 2.12 bits per heavy atom. The number of hydrogen-bond acceptors (Lipinski definition) is 4. The molecule has 0 radical (unpaired) electrons. The van der Waals surface area contributed by atoms with E-state index in [1.165, 1.54) is 49.7 Å². The summed E-state index contributed by atoms with van der Waals surface area (Å²) in [5.74, 6) is 0. The van der Waals surface area contributed by atoms with Gasteiger partial charge in [-0.05, 0) is 48.6 Å². The highest BCUT2D eigenvalue weighted by atomic mass is 32.5. The lowest BCUT2D eigenvalue weighted by Crippen LogP contribution is -2.51. The van der Waals surface area contributed by atoms with Crippen molar-refractivity contribution >= 4 is 18.5 Å². The van der Waals surface area contributed by atoms with Gasteiger partial charge in [0.25, 0.3) is 0 Å². The van der Waals surface area contributed by atoms with Gasteiger partial charge >= 0.3 is 6.72 Å². The molecule has 0 unspecified atom stereocenters. The van der Waals surface area contributed by atoms with E-state index in [1.54, 1.807) is 0 Å². The van der Waals surface area contributed by atoms with E-state index in [9.17, 15) is 4.89 Å². The van der Waals surface area contributed by atoms with Crippen LogP contribution in [-0.4, -0.2) is 23.6 Å². The highest BCUT2D eigenvalue weighted by molar-refractivity contribution is 8.07. The molecule has 0 bridgehead atoms. The summed E-state index contributed by atoms with van der Waals surface area (Å²) in [5.41, 5.74) is 8.39. The largest absolute Gasteiger partial charge is 0.324 e. The van der Waals surface area contributed by atoms with Gasteiger partial charge in [0, 0.05) is 0 Å². The molecule has 0 saturated carbocycles. The first-order valence-corrected chi connectivity index (χ1v) is 12.0. The molecule has 0 amide bonds. The first kappa shape index (κ1) is 21.0. The maximum absolute atomic E-state index is 9.58. The summed E-state index contributed by atoms with van der Waals surface area (Å²) in [6, 6.07) is 8.84. The summed E-state index contributed by atoms with van der Waals surface area (Å²) in [6.07, 6.45) is 10.8. The molecule has 1 saturated heterocycles. The van der Waals surface area contributed by atoms with Crippen molar-refractivity contribution in [2.45, 2.75) is 70.3 Å². The predicted molar refractivity (Wildman–Crippen MR) is 107 cm³/mol. The minimum absolute atomic E-state index is 0.261. The second kappa shape index (κ2) is 10.1. The van der Waals surface area contributed by atoms with E-state index in [4.69, 9.17) is 26.6 Å². The normalized spacial score (nSPS) is 26.7. The fourth-order valence-electron chi connectivity index (χ4n) is 3.02. The molecule has 142 valence electrons. The molecule has 1 aromatic carbocycles. The van der Waals surface area contributed by atoms with Crippen LogP contribution >= 0.6 is 6.72 Å². The Hall–Kier alpha value is -0.290. The van der Waals surface area contributed by atoms with Crippen molar-refractivity contribution in [3.63, 3.8) is 0 Å². The van der Waals surface area contributed by atoms with Crippen LogP contribution in [0.1, 0.15) is 63.0 Å². The minimum atomic E-state index is -3.04. The average Bonchev–Trinajstić information content (AvgIpc) is 2.60. The summed E-state index contributed by atoms with van der Waals surface area (Å²) in [4.78, 5) is 9.58. The lowest BCUT2D eigenvalue weighted by atomic mass is 9.93. The Morgan fingerprint density at radius 1 is 1.00 bits per heavy atom. The van der Waals surface area contributed by atoms with Gasteiger partial charge in [0.05, 0.1) is 18.8 Å². The molecule has 1 aliphatic rings. The van der Waals surface area contributed by atoms with E-state index in [0.29, 0.717) is 0 Å². The van der Waals surface area contributed by atoms with Crippen molar-refractivity contribution in [3.05, 3.63) is 35.4 Å². The van der Waals surface area contributed by atoms with E-state index in [-0.39, 0.29) is 13.2 Å². The third kappa shape index (κ3) is 7.86. The van der Waals surface area contributed by atoms with E-state index in [0.717, 1.165) is 19.3 Å². The van der Waals surface area contributed by atoms with Gasteiger partial charge < -0.3 is 19.7 Å². The number of unbranched alkanes of at least 4 members (excludes halogenated alkanes) is 5. The van der Waals surface area contributed by atoms with Crippen LogP contribution in [0.4, 0.5) is 0 Å². The zero-order chi connectivity index (χ0) is 18.2. The van der Waals surface area contributed by atoms with Crippen LogP contribution in [0.2, 0.25) is 0 Å². The highest BCUT2D eigenvalue weighted by Crippen LogP contribution is 2.48.